The van der Waals surface area contributed by atoms with Crippen LogP contribution in [0.2, 0.25) is 0 Å². The number of nitrogens with two attached hydrogens (primary N) is 1. The van der Waals surface area contributed by atoms with Gasteiger partial charge in [0.2, 0.25) is 0 Å². The molecule has 0 saturated heterocycles. The van der Waals surface area contributed by atoms with Gasteiger partial charge in [-0.15, -0.1) is 0 Å². The van der Waals surface area contributed by atoms with Gasteiger partial charge in [-0.05, 0) is 19.9 Å². The summed E-state index contributed by atoms with van der Waals surface area (Å²) in [6.07, 6.45) is -0.156. The van der Waals surface area contributed by atoms with Gasteiger partial charge in [-0.2, -0.15) is 0 Å². The van der Waals surface area contributed by atoms with Gasteiger partial charge in [0.15, 0.2) is 0 Å². The summed E-state index contributed by atoms with van der Waals surface area (Å²) in [4.78, 5) is 0. The summed E-state index contributed by atoms with van der Waals surface area (Å²) in [5, 5.41) is 0. The number of hydrogen-bond acceptors (Lipinski definition) is 5. The number of anilines is 1. The van der Waals surface area contributed by atoms with E-state index in [1.54, 1.807) is 13.8 Å². The van der Waals surface area contributed by atoms with E-state index in [2.05, 4.69) is 0 Å². The van der Waals surface area contributed by atoms with E-state index in [0.717, 1.165) is 6.07 Å². The third-order valence-electron chi connectivity index (χ3n) is 2.41. The Hall–Kier alpha value is -1.10. The second kappa shape index (κ2) is 6.89. The Morgan fingerprint density at radius 1 is 1.26 bits per heavy atom. The molecule has 0 aliphatic rings. The first-order chi connectivity index (χ1) is 8.95. The number of benzene rings is 1. The summed E-state index contributed by atoms with van der Waals surface area (Å²) < 4.78 is 41.4. The Bertz CT molecular complexity index is 471. The summed E-state index contributed by atoms with van der Waals surface area (Å²) in [5.74, 6) is -0.228. The van der Waals surface area contributed by atoms with Gasteiger partial charge in [0, 0.05) is 11.6 Å². The molecule has 0 saturated carbocycles. The van der Waals surface area contributed by atoms with Crippen LogP contribution in [0.15, 0.2) is 12.1 Å². The maximum atomic E-state index is 13.8. The fraction of sp³-hybridized carbons (Fsp3) is 0.500. The molecule has 0 bridgehead atoms. The number of halogens is 1. The van der Waals surface area contributed by atoms with Crippen LogP contribution in [0.4, 0.5) is 10.1 Å². The number of rotatable bonds is 7. The molecule has 7 heteroatoms. The van der Waals surface area contributed by atoms with Gasteiger partial charge < -0.3 is 19.5 Å². The van der Waals surface area contributed by atoms with E-state index in [4.69, 9.17) is 19.5 Å². The Balaban J connectivity index is 3.05. The van der Waals surface area contributed by atoms with E-state index >= 15 is 0 Å². The highest BCUT2D eigenvalue weighted by molar-refractivity contribution is 7.53. The molecule has 0 fully saturated rings. The van der Waals surface area contributed by atoms with Gasteiger partial charge in [-0.25, -0.2) is 4.39 Å². The largest absolute Gasteiger partial charge is 0.495 e. The molecule has 2 N–H and O–H groups in total. The van der Waals surface area contributed by atoms with Crippen LogP contribution in [0.25, 0.3) is 0 Å². The average molecular weight is 291 g/mol. The summed E-state index contributed by atoms with van der Waals surface area (Å²) >= 11 is 0. The Morgan fingerprint density at radius 3 is 2.32 bits per heavy atom. The molecule has 0 spiro atoms. The summed E-state index contributed by atoms with van der Waals surface area (Å²) in [6, 6.07) is 2.55. The van der Waals surface area contributed by atoms with Crippen LogP contribution in [-0.4, -0.2) is 20.3 Å². The highest BCUT2D eigenvalue weighted by atomic mass is 31.2. The van der Waals surface area contributed by atoms with Crippen molar-refractivity contribution in [2.45, 2.75) is 20.0 Å². The second-order valence-corrected chi connectivity index (χ2v) is 5.84. The molecule has 5 nitrogen and oxygen atoms in total. The fourth-order valence-electron chi connectivity index (χ4n) is 1.64. The quantitative estimate of drug-likeness (QED) is 0.617. The third kappa shape index (κ3) is 4.20. The van der Waals surface area contributed by atoms with Crippen molar-refractivity contribution >= 4 is 13.3 Å². The highest BCUT2D eigenvalue weighted by Gasteiger charge is 2.26. The molecule has 108 valence electrons. The summed E-state index contributed by atoms with van der Waals surface area (Å²) in [5.41, 5.74) is 5.96. The van der Waals surface area contributed by atoms with Crippen molar-refractivity contribution in [3.63, 3.8) is 0 Å². The number of methoxy groups -OCH3 is 1. The van der Waals surface area contributed by atoms with E-state index in [1.807, 2.05) is 0 Å². The van der Waals surface area contributed by atoms with Crippen molar-refractivity contribution < 1.29 is 22.7 Å². The molecule has 1 rings (SSSR count). The molecular formula is C12H19FNO4P. The molecule has 0 amide bonds. The van der Waals surface area contributed by atoms with Gasteiger partial charge >= 0.3 is 7.60 Å². The van der Waals surface area contributed by atoms with Crippen LogP contribution in [0.1, 0.15) is 19.4 Å². The molecule has 0 heterocycles. The number of nitrogen functional groups attached to an aromatic ring is 1. The molecule has 0 aliphatic heterocycles. The molecule has 1 aromatic rings. The molecule has 0 atom stereocenters. The van der Waals surface area contributed by atoms with Crippen molar-refractivity contribution in [3.05, 3.63) is 23.5 Å². The molecular weight excluding hydrogens is 272 g/mol. The van der Waals surface area contributed by atoms with Crippen molar-refractivity contribution in [2.75, 3.05) is 26.1 Å². The van der Waals surface area contributed by atoms with Crippen LogP contribution in [-0.2, 0) is 19.8 Å². The number of hydrogen-bond donors (Lipinski definition) is 1. The zero-order valence-corrected chi connectivity index (χ0v) is 12.2. The highest BCUT2D eigenvalue weighted by Crippen LogP contribution is 2.52. The molecule has 0 aromatic heterocycles. The first kappa shape index (κ1) is 16.0. The Labute approximate surface area is 112 Å². The Kier molecular flexibility index (Phi) is 5.79. The van der Waals surface area contributed by atoms with E-state index in [9.17, 15) is 8.96 Å². The van der Waals surface area contributed by atoms with Crippen molar-refractivity contribution in [2.24, 2.45) is 0 Å². The monoisotopic (exact) mass is 291 g/mol. The van der Waals surface area contributed by atoms with Crippen LogP contribution in [0, 0.1) is 5.82 Å². The lowest BCUT2D eigenvalue weighted by atomic mass is 10.2. The standard InChI is InChI=1S/C12H19FNO4P/c1-4-17-19(15,18-5-2)8-9-6-12(16-3)11(14)7-10(9)13/h6-7H,4-5,8,14H2,1-3H3. The van der Waals surface area contributed by atoms with Crippen molar-refractivity contribution in [1.82, 2.24) is 0 Å². The van der Waals surface area contributed by atoms with Crippen molar-refractivity contribution in [3.8, 4) is 5.75 Å². The van der Waals surface area contributed by atoms with Gasteiger partial charge in [0.05, 0.1) is 32.2 Å². The van der Waals surface area contributed by atoms with Crippen LogP contribution in [0.3, 0.4) is 0 Å². The third-order valence-corrected chi connectivity index (χ3v) is 4.45. The lowest BCUT2D eigenvalue weighted by molar-refractivity contribution is 0.219. The van der Waals surface area contributed by atoms with Crippen molar-refractivity contribution in [1.29, 1.82) is 0 Å². The van der Waals surface area contributed by atoms with Gasteiger partial charge in [0.25, 0.3) is 0 Å². The summed E-state index contributed by atoms with van der Waals surface area (Å²) in [6.45, 7) is 3.85. The molecule has 0 aliphatic carbocycles. The average Bonchev–Trinajstić information content (AvgIpc) is 2.33. The SMILES string of the molecule is CCOP(=O)(Cc1cc(OC)c(N)cc1F)OCC. The first-order valence-electron chi connectivity index (χ1n) is 5.95. The number of ether oxygens (including phenoxy) is 1. The smallest absolute Gasteiger partial charge is 0.335 e. The zero-order chi connectivity index (χ0) is 14.5. The second-order valence-electron chi connectivity index (χ2n) is 3.79. The molecule has 19 heavy (non-hydrogen) atoms. The minimum Gasteiger partial charge on any atom is -0.495 e. The molecule has 0 radical (unpaired) electrons. The normalized spacial score (nSPS) is 11.6. The lowest BCUT2D eigenvalue weighted by Gasteiger charge is -2.18. The van der Waals surface area contributed by atoms with Crippen LogP contribution < -0.4 is 10.5 Å². The first-order valence-corrected chi connectivity index (χ1v) is 7.68. The summed E-state index contributed by atoms with van der Waals surface area (Å²) in [7, 11) is -1.92. The topological polar surface area (TPSA) is 70.8 Å². The van der Waals surface area contributed by atoms with Crippen LogP contribution in [0.5, 0.6) is 5.75 Å². The maximum Gasteiger partial charge on any atom is 0.335 e. The minimum atomic E-state index is -3.35. The van der Waals surface area contributed by atoms with E-state index in [0.29, 0.717) is 5.75 Å². The Morgan fingerprint density at radius 2 is 1.84 bits per heavy atom. The molecule has 1 aromatic carbocycles. The van der Waals surface area contributed by atoms with Crippen LogP contribution >= 0.6 is 7.60 Å². The maximum absolute atomic E-state index is 13.8. The lowest BCUT2D eigenvalue weighted by Crippen LogP contribution is -2.02. The molecule has 0 unspecified atom stereocenters. The van der Waals surface area contributed by atoms with E-state index in [-0.39, 0.29) is 30.6 Å². The van der Waals surface area contributed by atoms with Gasteiger partial charge in [-0.3, -0.25) is 4.57 Å². The van der Waals surface area contributed by atoms with Gasteiger partial charge in [-0.1, -0.05) is 0 Å². The van der Waals surface area contributed by atoms with Gasteiger partial charge in [0.1, 0.15) is 11.6 Å². The minimum absolute atomic E-state index is 0.156. The predicted molar refractivity (Wildman–Crippen MR) is 71.9 cm³/mol. The van der Waals surface area contributed by atoms with E-state index < -0.39 is 13.4 Å². The predicted octanol–water partition coefficient (Wildman–Crippen LogP) is 3.18. The fourth-order valence-corrected chi connectivity index (χ4v) is 3.34. The van der Waals surface area contributed by atoms with E-state index in [1.165, 1.54) is 13.2 Å². The zero-order valence-electron chi connectivity index (χ0n) is 11.3.